The molecule has 2 heterocycles. The maximum absolute atomic E-state index is 5.59. The van der Waals surface area contributed by atoms with E-state index in [1.807, 2.05) is 31.6 Å². The molecule has 0 spiro atoms. The molecule has 0 saturated heterocycles. The highest BCUT2D eigenvalue weighted by Crippen LogP contribution is 2.21. The van der Waals surface area contributed by atoms with Crippen molar-refractivity contribution in [1.82, 2.24) is 14.8 Å². The fraction of sp³-hybridized carbons (Fsp3) is 0.200. The molecule has 0 atom stereocenters. The smallest absolute Gasteiger partial charge is 0.123 e. The number of hydrogen-bond acceptors (Lipinski definition) is 4. The van der Waals surface area contributed by atoms with Crippen LogP contribution in [0.3, 0.4) is 0 Å². The zero-order valence-corrected chi connectivity index (χ0v) is 9.24. The third-order valence-electron chi connectivity index (χ3n) is 1.93. The molecule has 78 valence electrons. The largest absolute Gasteiger partial charge is 0.384 e. The first-order valence-corrected chi connectivity index (χ1v) is 5.54. The summed E-state index contributed by atoms with van der Waals surface area (Å²) < 4.78 is 1.79. The standard InChI is InChI=1S/C10H12N4S/c1-14-6-9(5-13-14)15-7-8-2-3-12-10(11)4-8/h2-6H,7H2,1H3,(H2,11,12). The van der Waals surface area contributed by atoms with Crippen LogP contribution in [0.25, 0.3) is 0 Å². The highest BCUT2D eigenvalue weighted by atomic mass is 32.2. The number of nitrogen functional groups attached to an aromatic ring is 1. The zero-order chi connectivity index (χ0) is 10.7. The first-order chi connectivity index (χ1) is 7.24. The van der Waals surface area contributed by atoms with E-state index < -0.39 is 0 Å². The van der Waals surface area contributed by atoms with Gasteiger partial charge >= 0.3 is 0 Å². The Kier molecular flexibility index (Phi) is 2.91. The van der Waals surface area contributed by atoms with Gasteiger partial charge in [-0.2, -0.15) is 5.10 Å². The summed E-state index contributed by atoms with van der Waals surface area (Å²) in [5.41, 5.74) is 6.77. The second-order valence-corrected chi connectivity index (χ2v) is 4.28. The van der Waals surface area contributed by atoms with E-state index in [1.165, 1.54) is 5.56 Å². The maximum atomic E-state index is 5.59. The third kappa shape index (κ3) is 2.73. The van der Waals surface area contributed by atoms with Gasteiger partial charge in [0, 0.05) is 30.1 Å². The number of nitrogens with zero attached hydrogens (tertiary/aromatic N) is 3. The van der Waals surface area contributed by atoms with Gasteiger partial charge in [0.1, 0.15) is 5.82 Å². The Bertz CT molecular complexity index is 452. The fourth-order valence-electron chi connectivity index (χ4n) is 1.22. The number of rotatable bonds is 3. The Morgan fingerprint density at radius 2 is 2.40 bits per heavy atom. The van der Waals surface area contributed by atoms with Gasteiger partial charge in [-0.05, 0) is 17.7 Å². The van der Waals surface area contributed by atoms with Gasteiger partial charge in [0.15, 0.2) is 0 Å². The number of anilines is 1. The second-order valence-electron chi connectivity index (χ2n) is 3.23. The molecular formula is C10H12N4S. The van der Waals surface area contributed by atoms with Crippen molar-refractivity contribution in [1.29, 1.82) is 0 Å². The van der Waals surface area contributed by atoms with Crippen LogP contribution in [0.4, 0.5) is 5.82 Å². The van der Waals surface area contributed by atoms with E-state index in [-0.39, 0.29) is 0 Å². The molecule has 0 unspecified atom stereocenters. The summed E-state index contributed by atoms with van der Waals surface area (Å²) in [5.74, 6) is 1.46. The van der Waals surface area contributed by atoms with Crippen molar-refractivity contribution in [3.8, 4) is 0 Å². The van der Waals surface area contributed by atoms with Crippen LogP contribution in [-0.4, -0.2) is 14.8 Å². The third-order valence-corrected chi connectivity index (χ3v) is 2.95. The van der Waals surface area contributed by atoms with Crippen molar-refractivity contribution in [2.45, 2.75) is 10.6 Å². The number of aryl methyl sites for hydroxylation is 1. The molecule has 0 aliphatic carbocycles. The van der Waals surface area contributed by atoms with Crippen molar-refractivity contribution >= 4 is 17.6 Å². The molecule has 15 heavy (non-hydrogen) atoms. The average molecular weight is 220 g/mol. The molecule has 2 aromatic heterocycles. The average Bonchev–Trinajstić information content (AvgIpc) is 2.62. The van der Waals surface area contributed by atoms with E-state index in [9.17, 15) is 0 Å². The molecule has 0 aliphatic heterocycles. The quantitative estimate of drug-likeness (QED) is 0.800. The van der Waals surface area contributed by atoms with E-state index in [2.05, 4.69) is 10.1 Å². The van der Waals surface area contributed by atoms with Gasteiger partial charge in [0.25, 0.3) is 0 Å². The van der Waals surface area contributed by atoms with Gasteiger partial charge < -0.3 is 5.73 Å². The highest BCUT2D eigenvalue weighted by Gasteiger charge is 1.99. The van der Waals surface area contributed by atoms with Crippen LogP contribution in [0, 0.1) is 0 Å². The Morgan fingerprint density at radius 1 is 1.53 bits per heavy atom. The first-order valence-electron chi connectivity index (χ1n) is 4.56. The lowest BCUT2D eigenvalue weighted by atomic mass is 10.3. The van der Waals surface area contributed by atoms with Gasteiger partial charge in [-0.15, -0.1) is 11.8 Å². The van der Waals surface area contributed by atoms with Crippen LogP contribution in [0.5, 0.6) is 0 Å². The van der Waals surface area contributed by atoms with Crippen LogP contribution < -0.4 is 5.73 Å². The van der Waals surface area contributed by atoms with E-state index in [4.69, 9.17) is 5.73 Å². The number of pyridine rings is 1. The topological polar surface area (TPSA) is 56.7 Å². The molecule has 4 nitrogen and oxygen atoms in total. The van der Waals surface area contributed by atoms with Crippen molar-refractivity contribution in [2.24, 2.45) is 7.05 Å². The molecule has 0 aliphatic rings. The van der Waals surface area contributed by atoms with Crippen molar-refractivity contribution in [3.63, 3.8) is 0 Å². The zero-order valence-electron chi connectivity index (χ0n) is 8.42. The number of nitrogens with two attached hydrogens (primary N) is 1. The van der Waals surface area contributed by atoms with E-state index in [1.54, 1.807) is 22.6 Å². The summed E-state index contributed by atoms with van der Waals surface area (Å²) in [6.07, 6.45) is 5.58. The predicted octanol–water partition coefficient (Wildman–Crippen LogP) is 1.69. The minimum atomic E-state index is 0.569. The molecule has 0 amide bonds. The van der Waals surface area contributed by atoms with Gasteiger partial charge in [-0.3, -0.25) is 4.68 Å². The Hall–Kier alpha value is -1.49. The summed E-state index contributed by atoms with van der Waals surface area (Å²) in [6.45, 7) is 0. The number of aromatic nitrogens is 3. The van der Waals surface area contributed by atoms with Crippen LogP contribution in [0.2, 0.25) is 0 Å². The molecule has 0 bridgehead atoms. The molecule has 0 aromatic carbocycles. The van der Waals surface area contributed by atoms with Gasteiger partial charge in [0.2, 0.25) is 0 Å². The van der Waals surface area contributed by atoms with Crippen molar-refractivity contribution in [3.05, 3.63) is 36.3 Å². The maximum Gasteiger partial charge on any atom is 0.123 e. The summed E-state index contributed by atoms with van der Waals surface area (Å²) in [7, 11) is 1.91. The molecule has 2 aromatic rings. The Balaban J connectivity index is 1.99. The molecule has 5 heteroatoms. The fourth-order valence-corrected chi connectivity index (χ4v) is 2.09. The predicted molar refractivity (Wildman–Crippen MR) is 61.4 cm³/mol. The Labute approximate surface area is 92.5 Å². The SMILES string of the molecule is Cn1cc(SCc2ccnc(N)c2)cn1. The lowest BCUT2D eigenvalue weighted by molar-refractivity contribution is 0.766. The second kappa shape index (κ2) is 4.35. The normalized spacial score (nSPS) is 10.5. The molecular weight excluding hydrogens is 208 g/mol. The van der Waals surface area contributed by atoms with Crippen molar-refractivity contribution < 1.29 is 0 Å². The lowest BCUT2D eigenvalue weighted by Crippen LogP contribution is -1.90. The van der Waals surface area contributed by atoms with Gasteiger partial charge in [0.05, 0.1) is 6.20 Å². The van der Waals surface area contributed by atoms with Crippen molar-refractivity contribution in [2.75, 3.05) is 5.73 Å². The summed E-state index contributed by atoms with van der Waals surface area (Å²) in [4.78, 5) is 5.11. The van der Waals surface area contributed by atoms with E-state index in [0.29, 0.717) is 5.82 Å². The summed E-state index contributed by atoms with van der Waals surface area (Å²) in [5, 5.41) is 4.11. The summed E-state index contributed by atoms with van der Waals surface area (Å²) >= 11 is 1.74. The number of hydrogen-bond donors (Lipinski definition) is 1. The molecule has 2 N–H and O–H groups in total. The molecule has 0 fully saturated rings. The van der Waals surface area contributed by atoms with Crippen LogP contribution in [-0.2, 0) is 12.8 Å². The molecule has 0 radical (unpaired) electrons. The van der Waals surface area contributed by atoms with Crippen LogP contribution >= 0.6 is 11.8 Å². The van der Waals surface area contributed by atoms with Gasteiger partial charge in [-0.25, -0.2) is 4.98 Å². The first kappa shape index (κ1) is 10.0. The van der Waals surface area contributed by atoms with Crippen LogP contribution in [0.1, 0.15) is 5.56 Å². The van der Waals surface area contributed by atoms with E-state index >= 15 is 0 Å². The highest BCUT2D eigenvalue weighted by molar-refractivity contribution is 7.98. The molecule has 0 saturated carbocycles. The monoisotopic (exact) mass is 220 g/mol. The van der Waals surface area contributed by atoms with Gasteiger partial charge in [-0.1, -0.05) is 0 Å². The summed E-state index contributed by atoms with van der Waals surface area (Å²) in [6, 6.07) is 3.86. The minimum Gasteiger partial charge on any atom is -0.384 e. The number of thioether (sulfide) groups is 1. The lowest BCUT2D eigenvalue weighted by Gasteiger charge is -1.99. The molecule has 2 rings (SSSR count). The minimum absolute atomic E-state index is 0.569. The van der Waals surface area contributed by atoms with E-state index in [0.717, 1.165) is 10.6 Å². The van der Waals surface area contributed by atoms with Crippen LogP contribution in [0.15, 0.2) is 35.6 Å². The Morgan fingerprint density at radius 3 is 3.07 bits per heavy atom.